The fraction of sp³-hybridized carbons (Fsp3) is 0.324. The highest BCUT2D eigenvalue weighted by molar-refractivity contribution is 8.26. The minimum atomic E-state index is -0.900. The first-order valence-corrected chi connectivity index (χ1v) is 17.0. The smallest absolute Gasteiger partial charge is 0.307 e. The quantitative estimate of drug-likeness (QED) is 0.108. The van der Waals surface area contributed by atoms with Crippen molar-refractivity contribution >= 4 is 69.5 Å². The molecule has 3 aromatic rings. The van der Waals surface area contributed by atoms with Crippen LogP contribution in [0.5, 0.6) is 11.5 Å². The minimum Gasteiger partial charge on any atom is -0.494 e. The Hall–Kier alpha value is -3.12. The molecule has 0 atom stereocenters. The lowest BCUT2D eigenvalue weighted by molar-refractivity contribution is -0.136. The van der Waals surface area contributed by atoms with Crippen LogP contribution in [0.15, 0.2) is 65.6 Å². The molecule has 12 heteroatoms. The fourth-order valence-corrected chi connectivity index (χ4v) is 6.96. The van der Waals surface area contributed by atoms with Gasteiger partial charge in [-0.15, -0.1) is 0 Å². The Balaban J connectivity index is 1.26. The van der Waals surface area contributed by atoms with Crippen LogP contribution in [-0.4, -0.2) is 83.7 Å². The highest BCUT2D eigenvalue weighted by atomic mass is 35.5. The van der Waals surface area contributed by atoms with E-state index >= 15 is 0 Å². The third-order valence-electron chi connectivity index (χ3n) is 7.44. The zero-order valence-electron chi connectivity index (χ0n) is 25.1. The van der Waals surface area contributed by atoms with Gasteiger partial charge in [0.2, 0.25) is 0 Å². The standard InChI is InChI=1S/C34H34Cl2N2O6S2/c35-26-7-8-28(29(36)22-26)24-6-9-30(44-15-2-10-37-12-16-42-17-13-37)25(20-24)21-31-33(41)38(34(45)46-31)11-3-14-43-27-5-1-4-23(18-27)19-32(39)40/h1,4-9,18,20-22H,2-3,10-17,19H2,(H,39,40). The number of ether oxygens (including phenoxy) is 3. The number of carboxylic acids is 1. The molecule has 1 amide bonds. The number of carbonyl (C=O) groups excluding carboxylic acids is 1. The van der Waals surface area contributed by atoms with Gasteiger partial charge in [-0.05, 0) is 66.4 Å². The highest BCUT2D eigenvalue weighted by Crippen LogP contribution is 2.37. The van der Waals surface area contributed by atoms with Gasteiger partial charge in [-0.25, -0.2) is 0 Å². The molecular formula is C34H34Cl2N2O6S2. The second-order valence-electron chi connectivity index (χ2n) is 10.8. The first-order chi connectivity index (χ1) is 22.3. The molecular weight excluding hydrogens is 667 g/mol. The number of hydrogen-bond acceptors (Lipinski definition) is 8. The number of thioether (sulfide) groups is 1. The van der Waals surface area contributed by atoms with Gasteiger partial charge in [0.05, 0.1) is 37.8 Å². The molecule has 2 fully saturated rings. The van der Waals surface area contributed by atoms with Crippen molar-refractivity contribution in [3.05, 3.63) is 86.7 Å². The topological polar surface area (TPSA) is 88.5 Å². The summed E-state index contributed by atoms with van der Waals surface area (Å²) in [4.78, 5) is 29.0. The van der Waals surface area contributed by atoms with E-state index in [2.05, 4.69) is 4.90 Å². The Morgan fingerprint density at radius 1 is 1.00 bits per heavy atom. The molecule has 242 valence electrons. The number of aliphatic carboxylic acids is 1. The first-order valence-electron chi connectivity index (χ1n) is 15.0. The monoisotopic (exact) mass is 700 g/mol. The van der Waals surface area contributed by atoms with E-state index in [9.17, 15) is 9.59 Å². The first kappa shape index (κ1) is 34.2. The van der Waals surface area contributed by atoms with Gasteiger partial charge in [0, 0.05) is 47.4 Å². The number of thiocarbonyl (C=S) groups is 1. The van der Waals surface area contributed by atoms with Gasteiger partial charge >= 0.3 is 5.97 Å². The number of carbonyl (C=O) groups is 2. The third-order valence-corrected chi connectivity index (χ3v) is 9.37. The van der Waals surface area contributed by atoms with Crippen molar-refractivity contribution in [2.45, 2.75) is 19.3 Å². The van der Waals surface area contributed by atoms with Crippen molar-refractivity contribution in [3.63, 3.8) is 0 Å². The molecule has 8 nitrogen and oxygen atoms in total. The molecule has 0 unspecified atom stereocenters. The lowest BCUT2D eigenvalue weighted by Crippen LogP contribution is -2.37. The molecule has 2 aliphatic heterocycles. The Morgan fingerprint density at radius 2 is 1.78 bits per heavy atom. The number of morpholine rings is 1. The van der Waals surface area contributed by atoms with Crippen LogP contribution in [-0.2, 0) is 20.7 Å². The van der Waals surface area contributed by atoms with Crippen LogP contribution in [0.4, 0.5) is 0 Å². The van der Waals surface area contributed by atoms with Crippen LogP contribution in [0.25, 0.3) is 17.2 Å². The lowest BCUT2D eigenvalue weighted by Gasteiger charge is -2.26. The largest absolute Gasteiger partial charge is 0.494 e. The average Bonchev–Trinajstić information content (AvgIpc) is 3.29. The summed E-state index contributed by atoms with van der Waals surface area (Å²) in [7, 11) is 0. The number of hydrogen-bond donors (Lipinski definition) is 1. The zero-order valence-corrected chi connectivity index (χ0v) is 28.2. The van der Waals surface area contributed by atoms with Gasteiger partial charge in [0.1, 0.15) is 15.8 Å². The SMILES string of the molecule is O=C(O)Cc1cccc(OCCCN2C(=O)C(=Cc3cc(-c4ccc(Cl)cc4Cl)ccc3OCCCN3CCOCC3)SC2=S)c1. The van der Waals surface area contributed by atoms with Crippen LogP contribution < -0.4 is 9.47 Å². The summed E-state index contributed by atoms with van der Waals surface area (Å²) in [6.45, 7) is 5.56. The molecule has 0 aliphatic carbocycles. The van der Waals surface area contributed by atoms with Gasteiger partial charge in [-0.2, -0.15) is 0 Å². The van der Waals surface area contributed by atoms with Gasteiger partial charge in [-0.1, -0.05) is 71.4 Å². The second kappa shape index (κ2) is 16.6. The molecule has 1 N–H and O–H groups in total. The number of carboxylic acid groups (broad SMARTS) is 1. The van der Waals surface area contributed by atoms with Crippen LogP contribution >= 0.6 is 47.2 Å². The molecule has 5 rings (SSSR count). The summed E-state index contributed by atoms with van der Waals surface area (Å²) in [6.07, 6.45) is 3.16. The van der Waals surface area contributed by atoms with E-state index in [4.69, 9.17) is 54.7 Å². The maximum atomic E-state index is 13.5. The number of benzene rings is 3. The molecule has 2 aliphatic rings. The summed E-state index contributed by atoms with van der Waals surface area (Å²) >= 11 is 19.5. The summed E-state index contributed by atoms with van der Waals surface area (Å²) in [6, 6.07) is 18.2. The van der Waals surface area contributed by atoms with Gasteiger partial charge in [0.15, 0.2) is 0 Å². The summed E-state index contributed by atoms with van der Waals surface area (Å²) in [5.41, 5.74) is 3.10. The van der Waals surface area contributed by atoms with E-state index in [1.165, 1.54) is 11.8 Å². The number of halogens is 2. The van der Waals surface area contributed by atoms with Crippen LogP contribution in [0, 0.1) is 0 Å². The molecule has 0 spiro atoms. The van der Waals surface area contributed by atoms with Crippen molar-refractivity contribution in [1.82, 2.24) is 9.80 Å². The minimum absolute atomic E-state index is 0.0725. The lowest BCUT2D eigenvalue weighted by atomic mass is 10.0. The van der Waals surface area contributed by atoms with Gasteiger partial charge in [-0.3, -0.25) is 19.4 Å². The molecule has 2 heterocycles. The maximum absolute atomic E-state index is 13.5. The van der Waals surface area contributed by atoms with E-state index in [1.54, 1.807) is 41.3 Å². The average molecular weight is 702 g/mol. The van der Waals surface area contributed by atoms with Gasteiger partial charge in [0.25, 0.3) is 5.91 Å². The predicted octanol–water partition coefficient (Wildman–Crippen LogP) is 7.06. The zero-order chi connectivity index (χ0) is 32.5. The van der Waals surface area contributed by atoms with Crippen molar-refractivity contribution < 1.29 is 28.9 Å². The highest BCUT2D eigenvalue weighted by Gasteiger charge is 2.32. The Labute approximate surface area is 288 Å². The van der Waals surface area contributed by atoms with Crippen molar-refractivity contribution in [2.75, 3.05) is 52.6 Å². The van der Waals surface area contributed by atoms with Crippen LogP contribution in [0.3, 0.4) is 0 Å². The summed E-state index contributed by atoms with van der Waals surface area (Å²) in [5, 5.41) is 10.1. The third kappa shape index (κ3) is 9.47. The van der Waals surface area contributed by atoms with Crippen LogP contribution in [0.2, 0.25) is 10.0 Å². The maximum Gasteiger partial charge on any atom is 0.307 e. The van der Waals surface area contributed by atoms with Crippen LogP contribution in [0.1, 0.15) is 24.0 Å². The second-order valence-corrected chi connectivity index (χ2v) is 13.3. The molecule has 0 bridgehead atoms. The molecule has 0 radical (unpaired) electrons. The number of rotatable bonds is 14. The summed E-state index contributed by atoms with van der Waals surface area (Å²) < 4.78 is 18.0. The molecule has 0 saturated carbocycles. The molecule has 46 heavy (non-hydrogen) atoms. The van der Waals surface area contributed by atoms with Crippen molar-refractivity contribution in [3.8, 4) is 22.6 Å². The van der Waals surface area contributed by atoms with E-state index in [0.29, 0.717) is 62.5 Å². The molecule has 2 saturated heterocycles. The summed E-state index contributed by atoms with van der Waals surface area (Å²) in [5.74, 6) is 0.177. The van der Waals surface area contributed by atoms with E-state index < -0.39 is 5.97 Å². The fourth-order valence-electron chi connectivity index (χ4n) is 5.15. The van der Waals surface area contributed by atoms with E-state index in [1.807, 2.05) is 30.3 Å². The Morgan fingerprint density at radius 3 is 2.57 bits per heavy atom. The number of nitrogens with zero attached hydrogens (tertiary/aromatic N) is 2. The Kier molecular flexibility index (Phi) is 12.4. The Bertz CT molecular complexity index is 1610. The van der Waals surface area contributed by atoms with E-state index in [0.717, 1.165) is 56.0 Å². The predicted molar refractivity (Wildman–Crippen MR) is 187 cm³/mol. The van der Waals surface area contributed by atoms with Crippen molar-refractivity contribution in [2.24, 2.45) is 0 Å². The molecule has 3 aromatic carbocycles. The van der Waals surface area contributed by atoms with Crippen molar-refractivity contribution in [1.29, 1.82) is 0 Å². The number of amides is 1. The normalized spacial score (nSPS) is 16.3. The molecule has 0 aromatic heterocycles. The van der Waals surface area contributed by atoms with Gasteiger partial charge < -0.3 is 19.3 Å². The van der Waals surface area contributed by atoms with E-state index in [-0.39, 0.29) is 12.3 Å².